The van der Waals surface area contributed by atoms with Gasteiger partial charge in [0.15, 0.2) is 29.1 Å². The number of alkyl halides is 3. The molecule has 29 heavy (non-hydrogen) atoms. The summed E-state index contributed by atoms with van der Waals surface area (Å²) < 4.78 is 45.3. The smallest absolute Gasteiger partial charge is 0.404 e. The van der Waals surface area contributed by atoms with Crippen LogP contribution in [0.2, 0.25) is 0 Å². The van der Waals surface area contributed by atoms with E-state index in [1.54, 1.807) is 0 Å². The van der Waals surface area contributed by atoms with E-state index in [0.29, 0.717) is 0 Å². The van der Waals surface area contributed by atoms with Crippen molar-refractivity contribution in [3.05, 3.63) is 0 Å². The number of aliphatic hydroxyl groups excluding tert-OH is 1. The Balaban J connectivity index is 1.68. The molecule has 3 aliphatic heterocycles. The number of esters is 1. The van der Waals surface area contributed by atoms with Crippen LogP contribution < -0.4 is 16.0 Å². The Morgan fingerprint density at radius 3 is 2.45 bits per heavy atom. The molecule has 1 spiro atoms. The third-order valence-electron chi connectivity index (χ3n) is 6.43. The lowest BCUT2D eigenvalue weighted by Crippen LogP contribution is -2.80. The lowest BCUT2D eigenvalue weighted by Gasteiger charge is -2.50. The predicted molar refractivity (Wildman–Crippen MR) is 88.3 cm³/mol. The third kappa shape index (κ3) is 2.33. The van der Waals surface area contributed by atoms with Crippen LogP contribution in [-0.4, -0.2) is 87.1 Å². The molecular weight excluding hydrogens is 401 g/mol. The van der Waals surface area contributed by atoms with E-state index in [-0.39, 0.29) is 18.3 Å². The second kappa shape index (κ2) is 5.86. The van der Waals surface area contributed by atoms with E-state index in [4.69, 9.17) is 15.6 Å². The minimum absolute atomic E-state index is 0.191. The molecule has 162 valence electrons. The molecule has 1 saturated carbocycles. The van der Waals surface area contributed by atoms with Crippen LogP contribution in [0.1, 0.15) is 19.3 Å². The zero-order valence-electron chi connectivity index (χ0n) is 15.0. The summed E-state index contributed by atoms with van der Waals surface area (Å²) in [6, 6.07) is -1.98. The minimum atomic E-state index is -4.84. The second-order valence-electron chi connectivity index (χ2n) is 7.83. The number of nitrogens with one attached hydrogen (secondary N) is 5. The fourth-order valence-corrected chi connectivity index (χ4v) is 4.64. The Morgan fingerprint density at radius 2 is 1.93 bits per heavy atom. The van der Waals surface area contributed by atoms with E-state index in [9.17, 15) is 33.3 Å². The molecule has 1 unspecified atom stereocenters. The van der Waals surface area contributed by atoms with Crippen LogP contribution in [0.3, 0.4) is 0 Å². The molecule has 0 bridgehead atoms. The number of guanidine groups is 2. The fraction of sp³-hybridized carbons (Fsp3) is 0.800. The van der Waals surface area contributed by atoms with Gasteiger partial charge in [0.2, 0.25) is 5.79 Å². The average Bonchev–Trinajstić information content (AvgIpc) is 3.01. The molecule has 14 heteroatoms. The molecule has 0 aromatic carbocycles. The highest BCUT2D eigenvalue weighted by Gasteiger charge is 2.76. The molecule has 0 amide bonds. The van der Waals surface area contributed by atoms with E-state index >= 15 is 0 Å². The number of hydrogen-bond acceptors (Lipinski definition) is 7. The zero-order chi connectivity index (χ0) is 21.4. The van der Waals surface area contributed by atoms with Gasteiger partial charge < -0.3 is 40.9 Å². The molecule has 4 fully saturated rings. The predicted octanol–water partition coefficient (Wildman–Crippen LogP) is -2.28. The number of hydrogen-bond donors (Lipinski definition) is 8. The highest BCUT2D eigenvalue weighted by molar-refractivity contribution is 5.87. The van der Waals surface area contributed by atoms with E-state index in [0.717, 1.165) is 4.90 Å². The average molecular weight is 422 g/mol. The number of aliphatic hydroxyl groups is 3. The molecule has 4 aliphatic rings. The molecule has 11 nitrogen and oxygen atoms in total. The van der Waals surface area contributed by atoms with Crippen molar-refractivity contribution in [2.45, 2.75) is 55.1 Å². The van der Waals surface area contributed by atoms with E-state index < -0.39 is 73.2 Å². The van der Waals surface area contributed by atoms with E-state index in [1.807, 2.05) is 0 Å². The van der Waals surface area contributed by atoms with Crippen molar-refractivity contribution in [3.8, 4) is 0 Å². The van der Waals surface area contributed by atoms with Gasteiger partial charge in [-0.05, 0) is 12.8 Å². The third-order valence-corrected chi connectivity index (χ3v) is 6.43. The van der Waals surface area contributed by atoms with Gasteiger partial charge in [0, 0.05) is 0 Å². The van der Waals surface area contributed by atoms with Gasteiger partial charge in [-0.1, -0.05) is 6.42 Å². The zero-order valence-corrected chi connectivity index (χ0v) is 15.0. The number of nitrogens with zero attached hydrogens (tertiary/aromatic N) is 1. The number of carbonyl (C=O) groups excluding carboxylic acids is 1. The first-order chi connectivity index (χ1) is 13.4. The van der Waals surface area contributed by atoms with E-state index in [2.05, 4.69) is 16.0 Å². The lowest BCUT2D eigenvalue weighted by atomic mass is 9.68. The van der Waals surface area contributed by atoms with Crippen molar-refractivity contribution >= 4 is 17.9 Å². The van der Waals surface area contributed by atoms with Gasteiger partial charge in [0.25, 0.3) is 0 Å². The minimum Gasteiger partial charge on any atom is -0.454 e. The molecule has 8 N–H and O–H groups in total. The molecule has 3 saturated heterocycles. The summed E-state index contributed by atoms with van der Waals surface area (Å²) in [5.74, 6) is -5.29. The largest absolute Gasteiger partial charge is 0.454 e. The van der Waals surface area contributed by atoms with Crippen LogP contribution in [0.25, 0.3) is 0 Å². The maximum absolute atomic E-state index is 13.4. The lowest BCUT2D eigenvalue weighted by molar-refractivity contribution is -0.283. The Bertz CT molecular complexity index is 772. The van der Waals surface area contributed by atoms with Gasteiger partial charge in [0.05, 0.1) is 25.2 Å². The van der Waals surface area contributed by atoms with Crippen LogP contribution in [0.15, 0.2) is 0 Å². The normalized spacial score (nSPS) is 36.9. The van der Waals surface area contributed by atoms with Crippen molar-refractivity contribution in [2.24, 2.45) is 5.41 Å². The van der Waals surface area contributed by atoms with Gasteiger partial charge in [-0.15, -0.1) is 0 Å². The topological polar surface area (TPSA) is 174 Å². The molecule has 1 aliphatic carbocycles. The summed E-state index contributed by atoms with van der Waals surface area (Å²) >= 11 is 0. The van der Waals surface area contributed by atoms with Crippen molar-refractivity contribution in [1.29, 1.82) is 10.8 Å². The van der Waals surface area contributed by atoms with Crippen molar-refractivity contribution in [2.75, 3.05) is 13.2 Å². The van der Waals surface area contributed by atoms with Gasteiger partial charge in [0.1, 0.15) is 0 Å². The molecule has 4 atom stereocenters. The van der Waals surface area contributed by atoms with Gasteiger partial charge in [-0.25, -0.2) is 0 Å². The first-order valence-electron chi connectivity index (χ1n) is 9.00. The van der Waals surface area contributed by atoms with Gasteiger partial charge in [-0.3, -0.25) is 15.6 Å². The Labute approximate surface area is 162 Å². The SMILES string of the molecule is N=C1N[C@H]2[C@H](CO)NC(=N)N3C[C@H](OC(=O)C4(C(F)(F)F)CCC4)C(O)(O)C23N1. The van der Waals surface area contributed by atoms with Gasteiger partial charge >= 0.3 is 12.1 Å². The standard InChI is InChI=1S/C15H21F3N6O5/c16-15(17,18)12(2-1-3-12)9(26)29-7-4-24-11(20)21-6(5-25)8-13(24,14(7,27)28)23-10(19)22-8/h6-8,25,27-28H,1-5H2,(H2,20,21)(H3,19,22,23)/t6-,7-,8-,13?/m0/s1. The highest BCUT2D eigenvalue weighted by Crippen LogP contribution is 2.54. The van der Waals surface area contributed by atoms with Gasteiger partial charge in [-0.2, -0.15) is 13.2 Å². The first kappa shape index (κ1) is 20.0. The molecule has 0 aromatic rings. The molecule has 3 heterocycles. The van der Waals surface area contributed by atoms with Crippen LogP contribution in [-0.2, 0) is 9.53 Å². The van der Waals surface area contributed by atoms with Crippen LogP contribution in [0.4, 0.5) is 13.2 Å². The quantitative estimate of drug-likeness (QED) is 0.184. The molecule has 0 aromatic heterocycles. The summed E-state index contributed by atoms with van der Waals surface area (Å²) in [5, 5.41) is 55.1. The number of rotatable bonds is 3. The first-order valence-corrected chi connectivity index (χ1v) is 9.00. The fourth-order valence-electron chi connectivity index (χ4n) is 4.64. The summed E-state index contributed by atoms with van der Waals surface area (Å²) in [7, 11) is 0. The maximum atomic E-state index is 13.4. The van der Waals surface area contributed by atoms with Crippen molar-refractivity contribution in [1.82, 2.24) is 20.9 Å². The molecular formula is C15H21F3N6O5. The van der Waals surface area contributed by atoms with Crippen LogP contribution in [0.5, 0.6) is 0 Å². The Kier molecular flexibility index (Phi) is 4.03. The monoisotopic (exact) mass is 422 g/mol. The van der Waals surface area contributed by atoms with E-state index in [1.165, 1.54) is 0 Å². The number of ether oxygens (including phenoxy) is 1. The highest BCUT2D eigenvalue weighted by atomic mass is 19.4. The van der Waals surface area contributed by atoms with Crippen LogP contribution in [0, 0.1) is 16.2 Å². The summed E-state index contributed by atoms with van der Waals surface area (Å²) in [6.07, 6.45) is -7.38. The summed E-state index contributed by atoms with van der Waals surface area (Å²) in [5.41, 5.74) is -4.69. The van der Waals surface area contributed by atoms with Crippen molar-refractivity contribution in [3.63, 3.8) is 0 Å². The molecule has 4 rings (SSSR count). The molecule has 0 radical (unpaired) electrons. The van der Waals surface area contributed by atoms with Crippen LogP contribution >= 0.6 is 0 Å². The maximum Gasteiger partial charge on any atom is 0.404 e. The Morgan fingerprint density at radius 1 is 1.28 bits per heavy atom. The summed E-state index contributed by atoms with van der Waals surface area (Å²) in [4.78, 5) is 13.5. The Hall–Kier alpha value is -2.32. The summed E-state index contributed by atoms with van der Waals surface area (Å²) in [6.45, 7) is -1.04. The number of carbonyl (C=O) groups is 1. The second-order valence-corrected chi connectivity index (χ2v) is 7.83. The number of halogens is 3. The van der Waals surface area contributed by atoms with Crippen molar-refractivity contribution < 1.29 is 38.0 Å².